The van der Waals surface area contributed by atoms with Gasteiger partial charge in [0.05, 0.1) is 6.10 Å². The van der Waals surface area contributed by atoms with E-state index in [1.54, 1.807) is 6.07 Å². The summed E-state index contributed by atoms with van der Waals surface area (Å²) in [6.07, 6.45) is 1.46. The summed E-state index contributed by atoms with van der Waals surface area (Å²) < 4.78 is 5.58. The van der Waals surface area contributed by atoms with Crippen LogP contribution in [0.1, 0.15) is 29.8 Å². The number of benzene rings is 1. The molecule has 0 bridgehead atoms. The van der Waals surface area contributed by atoms with Gasteiger partial charge in [-0.25, -0.2) is 0 Å². The third-order valence-electron chi connectivity index (χ3n) is 2.01. The van der Waals surface area contributed by atoms with Crippen molar-refractivity contribution in [2.75, 3.05) is 0 Å². The van der Waals surface area contributed by atoms with E-state index in [2.05, 4.69) is 6.58 Å². The standard InChI is InChI=1S/C13H16O2/c1-5-12(14)11-6-7-13(10(4)8-11)15-9(2)3/h5-9H,1H2,2-4H3. The Labute approximate surface area is 90.6 Å². The number of ketones is 1. The highest BCUT2D eigenvalue weighted by molar-refractivity contribution is 6.04. The zero-order valence-corrected chi connectivity index (χ0v) is 9.41. The number of aryl methyl sites for hydroxylation is 1. The van der Waals surface area contributed by atoms with E-state index in [1.165, 1.54) is 6.08 Å². The molecule has 0 radical (unpaired) electrons. The van der Waals surface area contributed by atoms with Crippen LogP contribution in [0.2, 0.25) is 0 Å². The maximum absolute atomic E-state index is 11.3. The molecule has 2 nitrogen and oxygen atoms in total. The van der Waals surface area contributed by atoms with Gasteiger partial charge < -0.3 is 4.74 Å². The van der Waals surface area contributed by atoms with Gasteiger partial charge in [0.1, 0.15) is 5.75 Å². The van der Waals surface area contributed by atoms with Crippen LogP contribution in [-0.2, 0) is 0 Å². The summed E-state index contributed by atoms with van der Waals surface area (Å²) in [5, 5.41) is 0. The lowest BCUT2D eigenvalue weighted by Gasteiger charge is -2.12. The highest BCUT2D eigenvalue weighted by atomic mass is 16.5. The van der Waals surface area contributed by atoms with Crippen LogP contribution in [0.25, 0.3) is 0 Å². The first kappa shape index (κ1) is 11.5. The molecule has 0 heterocycles. The summed E-state index contributed by atoms with van der Waals surface area (Å²) in [6.45, 7) is 9.33. The minimum atomic E-state index is -0.0609. The van der Waals surface area contributed by atoms with E-state index in [9.17, 15) is 4.79 Å². The molecule has 0 aliphatic rings. The van der Waals surface area contributed by atoms with Crippen LogP contribution >= 0.6 is 0 Å². The molecule has 80 valence electrons. The minimum Gasteiger partial charge on any atom is -0.491 e. The molecule has 0 aliphatic heterocycles. The first-order chi connectivity index (χ1) is 7.04. The fourth-order valence-electron chi connectivity index (χ4n) is 1.31. The monoisotopic (exact) mass is 204 g/mol. The number of hydrogen-bond donors (Lipinski definition) is 0. The summed E-state index contributed by atoms with van der Waals surface area (Å²) in [5.74, 6) is 0.764. The molecule has 0 fully saturated rings. The van der Waals surface area contributed by atoms with E-state index in [-0.39, 0.29) is 11.9 Å². The minimum absolute atomic E-state index is 0.0609. The summed E-state index contributed by atoms with van der Waals surface area (Å²) in [6, 6.07) is 5.41. The second-order valence-electron chi connectivity index (χ2n) is 3.72. The first-order valence-electron chi connectivity index (χ1n) is 4.98. The maximum Gasteiger partial charge on any atom is 0.185 e. The van der Waals surface area contributed by atoms with Gasteiger partial charge in [0.25, 0.3) is 0 Å². The first-order valence-corrected chi connectivity index (χ1v) is 4.98. The molecule has 2 heteroatoms. The molecule has 0 atom stereocenters. The molecular formula is C13H16O2. The Morgan fingerprint density at radius 2 is 2.13 bits per heavy atom. The Balaban J connectivity index is 2.97. The Bertz CT molecular complexity index is 378. The predicted molar refractivity (Wildman–Crippen MR) is 61.5 cm³/mol. The van der Waals surface area contributed by atoms with Gasteiger partial charge in [0, 0.05) is 5.56 Å². The average Bonchev–Trinajstić information content (AvgIpc) is 2.19. The van der Waals surface area contributed by atoms with Crippen molar-refractivity contribution in [3.63, 3.8) is 0 Å². The van der Waals surface area contributed by atoms with Crippen molar-refractivity contribution in [3.8, 4) is 5.75 Å². The number of allylic oxidation sites excluding steroid dienone is 1. The van der Waals surface area contributed by atoms with Gasteiger partial charge >= 0.3 is 0 Å². The molecule has 0 spiro atoms. The van der Waals surface area contributed by atoms with Crippen molar-refractivity contribution in [1.82, 2.24) is 0 Å². The number of ether oxygens (including phenoxy) is 1. The summed E-state index contributed by atoms with van der Waals surface area (Å²) in [5.41, 5.74) is 1.62. The Morgan fingerprint density at radius 3 is 2.60 bits per heavy atom. The van der Waals surface area contributed by atoms with Gasteiger partial charge in [-0.3, -0.25) is 4.79 Å². The number of hydrogen-bond acceptors (Lipinski definition) is 2. The molecule has 0 aromatic heterocycles. The molecule has 1 aromatic carbocycles. The lowest BCUT2D eigenvalue weighted by atomic mass is 10.1. The van der Waals surface area contributed by atoms with Gasteiger partial charge in [-0.1, -0.05) is 6.58 Å². The van der Waals surface area contributed by atoms with E-state index >= 15 is 0 Å². The molecule has 0 saturated carbocycles. The Hall–Kier alpha value is -1.57. The smallest absolute Gasteiger partial charge is 0.185 e. The normalized spacial score (nSPS) is 10.1. The summed E-state index contributed by atoms with van der Waals surface area (Å²) in [4.78, 5) is 11.3. The molecule has 1 rings (SSSR count). The molecular weight excluding hydrogens is 188 g/mol. The lowest BCUT2D eigenvalue weighted by molar-refractivity contribution is 0.104. The van der Waals surface area contributed by atoms with Crippen LogP contribution in [0.3, 0.4) is 0 Å². The SMILES string of the molecule is C=CC(=O)c1ccc(OC(C)C)c(C)c1. The van der Waals surface area contributed by atoms with Crippen LogP contribution in [0.4, 0.5) is 0 Å². The third-order valence-corrected chi connectivity index (χ3v) is 2.01. The van der Waals surface area contributed by atoms with Crippen LogP contribution in [-0.4, -0.2) is 11.9 Å². The maximum atomic E-state index is 11.3. The molecule has 15 heavy (non-hydrogen) atoms. The molecule has 1 aromatic rings. The third kappa shape index (κ3) is 2.94. The average molecular weight is 204 g/mol. The van der Waals surface area contributed by atoms with Crippen molar-refractivity contribution < 1.29 is 9.53 Å². The van der Waals surface area contributed by atoms with Gasteiger partial charge in [-0.15, -0.1) is 0 Å². The fraction of sp³-hybridized carbons (Fsp3) is 0.308. The Morgan fingerprint density at radius 1 is 1.47 bits per heavy atom. The van der Waals surface area contributed by atoms with E-state index in [4.69, 9.17) is 4.74 Å². The van der Waals surface area contributed by atoms with Gasteiger partial charge in [0.15, 0.2) is 5.78 Å². The van der Waals surface area contributed by atoms with E-state index < -0.39 is 0 Å². The second-order valence-corrected chi connectivity index (χ2v) is 3.72. The molecule has 0 unspecified atom stereocenters. The summed E-state index contributed by atoms with van der Waals surface area (Å²) in [7, 11) is 0. The predicted octanol–water partition coefficient (Wildman–Crippen LogP) is 3.15. The highest BCUT2D eigenvalue weighted by Crippen LogP contribution is 2.20. The van der Waals surface area contributed by atoms with Crippen LogP contribution in [0, 0.1) is 6.92 Å². The van der Waals surface area contributed by atoms with Gasteiger partial charge in [-0.05, 0) is 50.6 Å². The molecule has 0 aliphatic carbocycles. The highest BCUT2D eigenvalue weighted by Gasteiger charge is 2.06. The topological polar surface area (TPSA) is 26.3 Å². The van der Waals surface area contributed by atoms with Crippen LogP contribution in [0.5, 0.6) is 5.75 Å². The lowest BCUT2D eigenvalue weighted by Crippen LogP contribution is -2.07. The van der Waals surface area contributed by atoms with Gasteiger partial charge in [0.2, 0.25) is 0 Å². The number of rotatable bonds is 4. The Kier molecular flexibility index (Phi) is 3.67. The molecule has 0 N–H and O–H groups in total. The van der Waals surface area contributed by atoms with Crippen molar-refractivity contribution in [2.24, 2.45) is 0 Å². The zero-order valence-electron chi connectivity index (χ0n) is 9.41. The quantitative estimate of drug-likeness (QED) is 0.556. The number of carbonyl (C=O) groups excluding carboxylic acids is 1. The molecule has 0 saturated heterocycles. The van der Waals surface area contributed by atoms with E-state index in [0.29, 0.717) is 5.56 Å². The fourth-order valence-corrected chi connectivity index (χ4v) is 1.31. The zero-order chi connectivity index (χ0) is 11.4. The van der Waals surface area contributed by atoms with E-state index in [0.717, 1.165) is 11.3 Å². The molecule has 0 amide bonds. The van der Waals surface area contributed by atoms with Crippen LogP contribution in [0.15, 0.2) is 30.9 Å². The summed E-state index contributed by atoms with van der Waals surface area (Å²) >= 11 is 0. The second kappa shape index (κ2) is 4.78. The van der Waals surface area contributed by atoms with Gasteiger partial charge in [-0.2, -0.15) is 0 Å². The number of carbonyl (C=O) groups is 1. The van der Waals surface area contributed by atoms with E-state index in [1.807, 2.05) is 32.9 Å². The van der Waals surface area contributed by atoms with Crippen molar-refractivity contribution >= 4 is 5.78 Å². The van der Waals surface area contributed by atoms with Crippen molar-refractivity contribution in [2.45, 2.75) is 26.9 Å². The largest absolute Gasteiger partial charge is 0.491 e. The van der Waals surface area contributed by atoms with Crippen molar-refractivity contribution in [3.05, 3.63) is 42.0 Å². The van der Waals surface area contributed by atoms with Crippen molar-refractivity contribution in [1.29, 1.82) is 0 Å². The van der Waals surface area contributed by atoms with Crippen LogP contribution < -0.4 is 4.74 Å².